The highest BCUT2D eigenvalue weighted by Gasteiger charge is 2.54. The van der Waals surface area contributed by atoms with E-state index in [9.17, 15) is 32.5 Å². The molecule has 0 radical (unpaired) electrons. The number of carbonyl (C=O) groups is 3. The molecule has 2 aliphatic rings. The highest BCUT2D eigenvalue weighted by atomic mass is 35.5. The number of nitrogens with zero attached hydrogens (tertiary/aromatic N) is 2. The van der Waals surface area contributed by atoms with Crippen LogP contribution in [-0.4, -0.2) is 75.2 Å². The lowest BCUT2D eigenvalue weighted by Crippen LogP contribution is -2.70. The molecule has 10 nitrogen and oxygen atoms in total. The minimum Gasteiger partial charge on any atom is -0.477 e. The summed E-state index contributed by atoms with van der Waals surface area (Å²) < 4.78 is 34.3. The number of carboxylic acids is 1. The summed E-state index contributed by atoms with van der Waals surface area (Å²) in [5.41, 5.74) is 3.32. The molecule has 254 valence electrons. The molecule has 1 aromatic heterocycles. The summed E-state index contributed by atoms with van der Waals surface area (Å²) in [7, 11) is -4.17. The van der Waals surface area contributed by atoms with Gasteiger partial charge < -0.3 is 10.4 Å². The number of halogens is 2. The van der Waals surface area contributed by atoms with E-state index in [0.717, 1.165) is 21.8 Å². The van der Waals surface area contributed by atoms with E-state index >= 15 is 0 Å². The standard InChI is InChI=1S/C32H31Cl2N3O7S4/c1-19-13-24(15-23(36(19)11-12-48(42,43)44)9-7-20-5-3-2-4-6-20)45-16-21-17-47-31-28(30(39)37(31)29(21)32(40)41)35-27(38)18-46-26-14-22(33)8-10-25(26)34/h2-6,8,10,13-15,28,31H,7,9,11-12,16-18H2,1H3,(H2-,35,38,40,41,42,43,44)/p+1/t28-,31-/m1/s1. The number of pyridine rings is 1. The van der Waals surface area contributed by atoms with E-state index < -0.39 is 39.2 Å². The van der Waals surface area contributed by atoms with Crippen LogP contribution in [0.15, 0.2) is 81.7 Å². The van der Waals surface area contributed by atoms with Crippen LogP contribution >= 0.6 is 58.5 Å². The van der Waals surface area contributed by atoms with Gasteiger partial charge in [-0.25, -0.2) is 4.79 Å². The summed E-state index contributed by atoms with van der Waals surface area (Å²) in [6, 6.07) is 17.8. The second-order valence-corrected chi connectivity index (χ2v) is 16.7. The van der Waals surface area contributed by atoms with Gasteiger partial charge >= 0.3 is 5.97 Å². The van der Waals surface area contributed by atoms with Crippen molar-refractivity contribution in [3.63, 3.8) is 0 Å². The number of aromatic nitrogens is 1. The van der Waals surface area contributed by atoms with Crippen LogP contribution in [0.1, 0.15) is 17.0 Å². The molecule has 2 amide bonds. The molecule has 1 saturated heterocycles. The summed E-state index contributed by atoms with van der Waals surface area (Å²) >= 11 is 16.2. The molecule has 0 bridgehead atoms. The van der Waals surface area contributed by atoms with Crippen molar-refractivity contribution in [3.05, 3.63) is 98.9 Å². The third kappa shape index (κ3) is 9.09. The van der Waals surface area contributed by atoms with E-state index in [0.29, 0.717) is 44.9 Å². The van der Waals surface area contributed by atoms with Crippen LogP contribution in [0.2, 0.25) is 10.0 Å². The maximum Gasteiger partial charge on any atom is 0.352 e. The van der Waals surface area contributed by atoms with Crippen LogP contribution in [-0.2, 0) is 43.9 Å². The van der Waals surface area contributed by atoms with E-state index in [4.69, 9.17) is 23.2 Å². The quantitative estimate of drug-likeness (QED) is 0.0898. The van der Waals surface area contributed by atoms with Crippen molar-refractivity contribution in [2.45, 2.75) is 47.5 Å². The lowest BCUT2D eigenvalue weighted by molar-refractivity contribution is -0.706. The fourth-order valence-corrected chi connectivity index (χ4v) is 9.68. The van der Waals surface area contributed by atoms with E-state index in [2.05, 4.69) is 5.32 Å². The normalized spacial score (nSPS) is 17.6. The van der Waals surface area contributed by atoms with Gasteiger partial charge in [0.2, 0.25) is 5.91 Å². The fourth-order valence-electron chi connectivity index (χ4n) is 5.44. The number of hydrogen-bond acceptors (Lipinski definition) is 8. The smallest absolute Gasteiger partial charge is 0.352 e. The molecule has 2 aliphatic heterocycles. The summed E-state index contributed by atoms with van der Waals surface area (Å²) in [6.45, 7) is 1.95. The second-order valence-electron chi connectivity index (χ2n) is 11.1. The Morgan fingerprint density at radius 3 is 2.54 bits per heavy atom. The Labute approximate surface area is 301 Å². The number of thioether (sulfide) groups is 3. The summed E-state index contributed by atoms with van der Waals surface area (Å²) in [5, 5.41) is 13.3. The minimum absolute atomic E-state index is 0.00435. The number of benzene rings is 2. The van der Waals surface area contributed by atoms with Crippen LogP contribution in [0.4, 0.5) is 0 Å². The predicted molar refractivity (Wildman–Crippen MR) is 189 cm³/mol. The van der Waals surface area contributed by atoms with E-state index in [1.54, 1.807) is 18.2 Å². The second kappa shape index (κ2) is 15.9. The molecule has 3 N–H and O–H groups in total. The largest absolute Gasteiger partial charge is 0.477 e. The van der Waals surface area contributed by atoms with Gasteiger partial charge in [-0.15, -0.1) is 35.3 Å². The molecule has 16 heteroatoms. The number of nitrogens with one attached hydrogen (secondary N) is 1. The van der Waals surface area contributed by atoms with Gasteiger partial charge in [-0.3, -0.25) is 19.0 Å². The number of aryl methyl sites for hydroxylation is 3. The summed E-state index contributed by atoms with van der Waals surface area (Å²) in [4.78, 5) is 41.1. The molecular formula is C32H32Cl2N3O7S4+. The lowest BCUT2D eigenvalue weighted by atomic mass is 10.0. The van der Waals surface area contributed by atoms with Crippen molar-refractivity contribution >= 4 is 86.4 Å². The molecule has 2 aromatic carbocycles. The zero-order valence-electron chi connectivity index (χ0n) is 25.6. The van der Waals surface area contributed by atoms with E-state index in [-0.39, 0.29) is 23.9 Å². The molecule has 5 rings (SSSR count). The SMILES string of the molecule is Cc1cc(SCC2=C(C(=O)O)N3C(=O)[C@@H](NC(=O)CSc4cc(Cl)ccc4Cl)[C@H]3SC2)cc(CCc2ccccc2)[n+]1CCS(=O)(=O)O. The number of amides is 2. The molecule has 1 fully saturated rings. The van der Waals surface area contributed by atoms with Gasteiger partial charge in [-0.1, -0.05) is 53.5 Å². The first kappa shape index (κ1) is 36.6. The Morgan fingerprint density at radius 1 is 1.08 bits per heavy atom. The van der Waals surface area contributed by atoms with Crippen LogP contribution < -0.4 is 9.88 Å². The maximum absolute atomic E-state index is 13.2. The zero-order chi connectivity index (χ0) is 34.6. The van der Waals surface area contributed by atoms with Crippen LogP contribution in [0.5, 0.6) is 0 Å². The molecule has 48 heavy (non-hydrogen) atoms. The number of hydrogen-bond donors (Lipinski definition) is 3. The number of β-lactam (4-membered cyclic amide) rings is 1. The van der Waals surface area contributed by atoms with Crippen molar-refractivity contribution < 1.29 is 37.0 Å². The van der Waals surface area contributed by atoms with Gasteiger partial charge in [0.25, 0.3) is 16.0 Å². The third-order valence-corrected chi connectivity index (χ3v) is 12.6. The van der Waals surface area contributed by atoms with Crippen LogP contribution in [0.25, 0.3) is 0 Å². The van der Waals surface area contributed by atoms with Gasteiger partial charge in [0.1, 0.15) is 22.9 Å². The van der Waals surface area contributed by atoms with Crippen molar-refractivity contribution in [3.8, 4) is 0 Å². The Bertz CT molecular complexity index is 1880. The molecule has 0 unspecified atom stereocenters. The van der Waals surface area contributed by atoms with Gasteiger partial charge in [-0.05, 0) is 35.8 Å². The molecule has 2 atom stereocenters. The predicted octanol–water partition coefficient (Wildman–Crippen LogP) is 4.89. The highest BCUT2D eigenvalue weighted by Crippen LogP contribution is 2.42. The number of rotatable bonds is 14. The first-order chi connectivity index (χ1) is 22.8. The zero-order valence-corrected chi connectivity index (χ0v) is 30.4. The van der Waals surface area contributed by atoms with Gasteiger partial charge in [0.15, 0.2) is 17.9 Å². The average molecular weight is 770 g/mol. The Kier molecular flexibility index (Phi) is 12.1. The summed E-state index contributed by atoms with van der Waals surface area (Å²) in [5.74, 6) is -1.81. The lowest BCUT2D eigenvalue weighted by Gasteiger charge is -2.49. The monoisotopic (exact) mass is 768 g/mol. The number of fused-ring (bicyclic) bond motifs is 1. The number of aliphatic carboxylic acids is 1. The van der Waals surface area contributed by atoms with Crippen molar-refractivity contribution in [1.29, 1.82) is 0 Å². The van der Waals surface area contributed by atoms with Crippen molar-refractivity contribution in [1.82, 2.24) is 10.2 Å². The first-order valence-electron chi connectivity index (χ1n) is 14.7. The van der Waals surface area contributed by atoms with Crippen LogP contribution in [0.3, 0.4) is 0 Å². The Morgan fingerprint density at radius 2 is 1.83 bits per heavy atom. The third-order valence-electron chi connectivity index (χ3n) is 7.75. The first-order valence-corrected chi connectivity index (χ1v) is 20.1. The minimum atomic E-state index is -4.17. The molecule has 0 spiro atoms. The number of carboxylic acid groups (broad SMARTS) is 1. The van der Waals surface area contributed by atoms with E-state index in [1.807, 2.05) is 54.0 Å². The average Bonchev–Trinajstić information content (AvgIpc) is 3.04. The number of carbonyl (C=O) groups excluding carboxylic acids is 2. The van der Waals surface area contributed by atoms with Gasteiger partial charge in [0.05, 0.1) is 10.8 Å². The Hall–Kier alpha value is -2.72. The molecule has 0 saturated carbocycles. The van der Waals surface area contributed by atoms with Crippen molar-refractivity contribution in [2.24, 2.45) is 0 Å². The Balaban J connectivity index is 1.27. The molecule has 3 aromatic rings. The summed E-state index contributed by atoms with van der Waals surface area (Å²) in [6.07, 6.45) is 1.33. The van der Waals surface area contributed by atoms with Gasteiger partial charge in [-0.2, -0.15) is 13.0 Å². The van der Waals surface area contributed by atoms with Crippen LogP contribution in [0, 0.1) is 6.92 Å². The maximum atomic E-state index is 13.2. The molecule has 3 heterocycles. The van der Waals surface area contributed by atoms with E-state index in [1.165, 1.54) is 40.2 Å². The molecular weight excluding hydrogens is 738 g/mol. The fraction of sp³-hybridized carbons (Fsp3) is 0.312. The van der Waals surface area contributed by atoms with Gasteiger partial charge in [0, 0.05) is 51.8 Å². The van der Waals surface area contributed by atoms with Crippen molar-refractivity contribution in [2.75, 3.05) is 23.0 Å². The molecule has 0 aliphatic carbocycles. The highest BCUT2D eigenvalue weighted by molar-refractivity contribution is 8.01. The topological polar surface area (TPSA) is 145 Å².